The number of carbonyl (C=O) groups excluding carboxylic acids is 1. The molecule has 1 N–H and O–H groups in total. The molecule has 0 saturated heterocycles. The summed E-state index contributed by atoms with van der Waals surface area (Å²) in [6.45, 7) is 0. The quantitative estimate of drug-likeness (QED) is 0.498. The summed E-state index contributed by atoms with van der Waals surface area (Å²) in [5.74, 6) is 1.97. The number of benzene rings is 2. The van der Waals surface area contributed by atoms with Crippen LogP contribution < -0.4 is 10.1 Å². The molecular formula is C22H19N3O4. The highest BCUT2D eigenvalue weighted by atomic mass is 16.5. The van der Waals surface area contributed by atoms with Gasteiger partial charge in [-0.2, -0.15) is 0 Å². The Bertz CT molecular complexity index is 1070. The van der Waals surface area contributed by atoms with Crippen molar-refractivity contribution in [3.8, 4) is 28.9 Å². The number of hydrogen-bond donors (Lipinski definition) is 1. The van der Waals surface area contributed by atoms with E-state index in [2.05, 4.69) is 15.5 Å². The molecule has 4 rings (SSSR count). The number of aromatic nitrogens is 2. The third-order valence-corrected chi connectivity index (χ3v) is 4.37. The van der Waals surface area contributed by atoms with Gasteiger partial charge in [0.05, 0.1) is 13.4 Å². The predicted octanol–water partition coefficient (Wildman–Crippen LogP) is 4.58. The van der Waals surface area contributed by atoms with Gasteiger partial charge in [-0.3, -0.25) is 4.79 Å². The Morgan fingerprint density at radius 3 is 2.45 bits per heavy atom. The Kier molecular flexibility index (Phi) is 5.38. The Labute approximate surface area is 167 Å². The molecule has 0 bridgehead atoms. The molecule has 0 unspecified atom stereocenters. The van der Waals surface area contributed by atoms with E-state index in [1.54, 1.807) is 37.6 Å². The van der Waals surface area contributed by atoms with Crippen LogP contribution in [-0.4, -0.2) is 23.2 Å². The topological polar surface area (TPSA) is 90.4 Å². The fraction of sp³-hybridized carbons (Fsp3) is 0.136. The average Bonchev–Trinajstić information content (AvgIpc) is 3.45. The molecule has 2 heterocycles. The number of anilines is 1. The number of rotatable bonds is 7. The molecule has 0 spiro atoms. The molecule has 0 fully saturated rings. The molecule has 0 radical (unpaired) electrons. The highest BCUT2D eigenvalue weighted by molar-refractivity contribution is 5.91. The third kappa shape index (κ3) is 4.52. The standard InChI is InChI=1S/C22H19N3O4/c1-27-18-11-4-15(5-12-18)6-13-20(26)23-17-9-7-16(8-10-17)21-24-25-22(29-21)19-3-2-14-28-19/h2-5,7-12,14H,6,13H2,1H3,(H,23,26). The number of nitrogens with zero attached hydrogens (tertiary/aromatic N) is 2. The minimum absolute atomic E-state index is 0.0496. The van der Waals surface area contributed by atoms with E-state index >= 15 is 0 Å². The third-order valence-electron chi connectivity index (χ3n) is 4.37. The number of amides is 1. The van der Waals surface area contributed by atoms with E-state index in [0.29, 0.717) is 36.1 Å². The Morgan fingerprint density at radius 1 is 1.00 bits per heavy atom. The normalized spacial score (nSPS) is 10.7. The van der Waals surface area contributed by atoms with E-state index in [-0.39, 0.29) is 5.91 Å². The average molecular weight is 389 g/mol. The summed E-state index contributed by atoms with van der Waals surface area (Å²) in [6, 6.07) is 18.4. The van der Waals surface area contributed by atoms with Crippen LogP contribution in [-0.2, 0) is 11.2 Å². The maximum atomic E-state index is 12.2. The SMILES string of the molecule is COc1ccc(CCC(=O)Nc2ccc(-c3nnc(-c4ccco4)o3)cc2)cc1. The van der Waals surface area contributed by atoms with Crippen molar-refractivity contribution in [2.24, 2.45) is 0 Å². The minimum atomic E-state index is -0.0496. The molecule has 0 aliphatic heterocycles. The van der Waals surface area contributed by atoms with Gasteiger partial charge in [0.2, 0.25) is 11.8 Å². The molecule has 146 valence electrons. The first-order chi connectivity index (χ1) is 14.2. The number of carbonyl (C=O) groups is 1. The molecule has 2 aromatic heterocycles. The van der Waals surface area contributed by atoms with Gasteiger partial charge in [-0.1, -0.05) is 12.1 Å². The van der Waals surface area contributed by atoms with Gasteiger partial charge < -0.3 is 18.9 Å². The first kappa shape index (κ1) is 18.5. The largest absolute Gasteiger partial charge is 0.497 e. The van der Waals surface area contributed by atoms with Crippen LogP contribution >= 0.6 is 0 Å². The van der Waals surface area contributed by atoms with Crippen LogP contribution in [0.15, 0.2) is 75.8 Å². The molecule has 0 saturated carbocycles. The van der Waals surface area contributed by atoms with E-state index in [1.165, 1.54) is 0 Å². The summed E-state index contributed by atoms with van der Waals surface area (Å²) in [5, 5.41) is 10.9. The van der Waals surface area contributed by atoms with Gasteiger partial charge in [-0.05, 0) is 60.5 Å². The second-order valence-electron chi connectivity index (χ2n) is 6.36. The summed E-state index contributed by atoms with van der Waals surface area (Å²) in [6.07, 6.45) is 2.60. The number of furan rings is 1. The highest BCUT2D eigenvalue weighted by Crippen LogP contribution is 2.25. The van der Waals surface area contributed by atoms with Gasteiger partial charge in [0.15, 0.2) is 5.76 Å². The van der Waals surface area contributed by atoms with E-state index in [9.17, 15) is 4.79 Å². The number of hydrogen-bond acceptors (Lipinski definition) is 6. The molecular weight excluding hydrogens is 370 g/mol. The van der Waals surface area contributed by atoms with Gasteiger partial charge in [0.1, 0.15) is 5.75 Å². The van der Waals surface area contributed by atoms with Crippen molar-refractivity contribution in [1.29, 1.82) is 0 Å². The zero-order valence-electron chi connectivity index (χ0n) is 15.8. The monoisotopic (exact) mass is 389 g/mol. The van der Waals surface area contributed by atoms with E-state index < -0.39 is 0 Å². The zero-order chi connectivity index (χ0) is 20.1. The van der Waals surface area contributed by atoms with Crippen molar-refractivity contribution in [3.63, 3.8) is 0 Å². The molecule has 4 aromatic rings. The highest BCUT2D eigenvalue weighted by Gasteiger charge is 2.12. The fourth-order valence-electron chi connectivity index (χ4n) is 2.81. The second kappa shape index (κ2) is 8.43. The van der Waals surface area contributed by atoms with Crippen molar-refractivity contribution in [2.45, 2.75) is 12.8 Å². The summed E-state index contributed by atoms with van der Waals surface area (Å²) >= 11 is 0. The number of ether oxygens (including phenoxy) is 1. The van der Waals surface area contributed by atoms with Crippen LogP contribution in [0, 0.1) is 0 Å². The van der Waals surface area contributed by atoms with Crippen molar-refractivity contribution < 1.29 is 18.4 Å². The van der Waals surface area contributed by atoms with Crippen LogP contribution in [0.3, 0.4) is 0 Å². The molecule has 2 aromatic carbocycles. The van der Waals surface area contributed by atoms with Gasteiger partial charge in [-0.25, -0.2) is 0 Å². The van der Waals surface area contributed by atoms with Crippen molar-refractivity contribution >= 4 is 11.6 Å². The summed E-state index contributed by atoms with van der Waals surface area (Å²) < 4.78 is 16.0. The molecule has 29 heavy (non-hydrogen) atoms. The molecule has 7 nitrogen and oxygen atoms in total. The minimum Gasteiger partial charge on any atom is -0.497 e. The lowest BCUT2D eigenvalue weighted by molar-refractivity contribution is -0.116. The number of nitrogens with one attached hydrogen (secondary N) is 1. The van der Waals surface area contributed by atoms with E-state index in [0.717, 1.165) is 16.9 Å². The summed E-state index contributed by atoms with van der Waals surface area (Å²) in [4.78, 5) is 12.2. The molecule has 0 aliphatic rings. The second-order valence-corrected chi connectivity index (χ2v) is 6.36. The Morgan fingerprint density at radius 2 is 1.76 bits per heavy atom. The van der Waals surface area contributed by atoms with E-state index in [4.69, 9.17) is 13.6 Å². The maximum Gasteiger partial charge on any atom is 0.283 e. The van der Waals surface area contributed by atoms with E-state index in [1.807, 2.05) is 36.4 Å². The molecule has 0 aliphatic carbocycles. The van der Waals surface area contributed by atoms with Crippen LogP contribution in [0.4, 0.5) is 5.69 Å². The summed E-state index contributed by atoms with van der Waals surface area (Å²) in [5.41, 5.74) is 2.55. The number of methoxy groups -OCH3 is 1. The Balaban J connectivity index is 1.33. The van der Waals surface area contributed by atoms with Crippen molar-refractivity contribution in [2.75, 3.05) is 12.4 Å². The molecule has 0 atom stereocenters. The van der Waals surface area contributed by atoms with Crippen LogP contribution in [0.25, 0.3) is 23.1 Å². The first-order valence-electron chi connectivity index (χ1n) is 9.12. The maximum absolute atomic E-state index is 12.2. The van der Waals surface area contributed by atoms with Gasteiger partial charge in [-0.15, -0.1) is 10.2 Å². The van der Waals surface area contributed by atoms with Gasteiger partial charge >= 0.3 is 0 Å². The zero-order valence-corrected chi connectivity index (χ0v) is 15.8. The predicted molar refractivity (Wildman–Crippen MR) is 107 cm³/mol. The van der Waals surface area contributed by atoms with Crippen molar-refractivity contribution in [3.05, 3.63) is 72.5 Å². The van der Waals surface area contributed by atoms with Crippen LogP contribution in [0.5, 0.6) is 5.75 Å². The molecule has 1 amide bonds. The first-order valence-corrected chi connectivity index (χ1v) is 9.12. The van der Waals surface area contributed by atoms with Crippen LogP contribution in [0.1, 0.15) is 12.0 Å². The smallest absolute Gasteiger partial charge is 0.283 e. The molecule has 7 heteroatoms. The number of aryl methyl sites for hydroxylation is 1. The lowest BCUT2D eigenvalue weighted by atomic mass is 10.1. The fourth-order valence-corrected chi connectivity index (χ4v) is 2.81. The Hall–Kier alpha value is -3.87. The summed E-state index contributed by atoms with van der Waals surface area (Å²) in [7, 11) is 1.63. The lowest BCUT2D eigenvalue weighted by Crippen LogP contribution is -2.12. The van der Waals surface area contributed by atoms with Gasteiger partial charge in [0, 0.05) is 17.7 Å². The van der Waals surface area contributed by atoms with Crippen LogP contribution in [0.2, 0.25) is 0 Å². The van der Waals surface area contributed by atoms with Crippen molar-refractivity contribution in [1.82, 2.24) is 10.2 Å². The lowest BCUT2D eigenvalue weighted by Gasteiger charge is -2.06. The van der Waals surface area contributed by atoms with Gasteiger partial charge in [0.25, 0.3) is 5.89 Å².